The van der Waals surface area contributed by atoms with E-state index in [1.165, 1.54) is 29.1 Å². The maximum absolute atomic E-state index is 13.6. The van der Waals surface area contributed by atoms with Crippen LogP contribution in [0.3, 0.4) is 0 Å². The molecule has 1 aliphatic rings. The van der Waals surface area contributed by atoms with Gasteiger partial charge in [-0.1, -0.05) is 18.2 Å². The molecular formula is C27H24F3N3O3S. The quantitative estimate of drug-likeness (QED) is 0.333. The van der Waals surface area contributed by atoms with Gasteiger partial charge in [0.2, 0.25) is 0 Å². The SMILES string of the molecule is Cc1cccc(CS(=O)(=O)c2ccc3c(c2)OCC[C@H]3c2ccc(C(F)(F)F)cc2-c2ccnn2C)n1. The second kappa shape index (κ2) is 9.33. The molecule has 192 valence electrons. The van der Waals surface area contributed by atoms with Crippen LogP contribution >= 0.6 is 0 Å². The number of benzene rings is 2. The molecule has 0 bridgehead atoms. The maximum Gasteiger partial charge on any atom is 0.416 e. The van der Waals surface area contributed by atoms with E-state index < -0.39 is 21.6 Å². The van der Waals surface area contributed by atoms with Gasteiger partial charge in [0.25, 0.3) is 0 Å². The molecule has 5 rings (SSSR count). The van der Waals surface area contributed by atoms with Crippen molar-refractivity contribution in [2.24, 2.45) is 7.05 Å². The fraction of sp³-hybridized carbons (Fsp3) is 0.259. The Bertz CT molecular complexity index is 1580. The van der Waals surface area contributed by atoms with Crippen LogP contribution in [0.25, 0.3) is 11.3 Å². The Morgan fingerprint density at radius 3 is 2.54 bits per heavy atom. The molecule has 1 aliphatic heterocycles. The van der Waals surface area contributed by atoms with E-state index in [9.17, 15) is 21.6 Å². The van der Waals surface area contributed by atoms with Crippen molar-refractivity contribution in [3.05, 3.63) is 94.9 Å². The second-order valence-electron chi connectivity index (χ2n) is 9.06. The predicted molar refractivity (Wildman–Crippen MR) is 132 cm³/mol. The van der Waals surface area contributed by atoms with Crippen LogP contribution in [0.1, 0.15) is 40.4 Å². The summed E-state index contributed by atoms with van der Waals surface area (Å²) in [5.41, 5.74) is 2.83. The Morgan fingerprint density at radius 2 is 1.84 bits per heavy atom. The minimum Gasteiger partial charge on any atom is -0.493 e. The van der Waals surface area contributed by atoms with Gasteiger partial charge in [-0.2, -0.15) is 18.3 Å². The van der Waals surface area contributed by atoms with Gasteiger partial charge in [0, 0.05) is 36.0 Å². The average molecular weight is 528 g/mol. The number of ether oxygens (including phenoxy) is 1. The molecule has 0 amide bonds. The molecular weight excluding hydrogens is 503 g/mol. The number of sulfone groups is 1. The summed E-state index contributed by atoms with van der Waals surface area (Å²) in [4.78, 5) is 4.40. The molecule has 3 heterocycles. The van der Waals surface area contributed by atoms with E-state index in [-0.39, 0.29) is 16.6 Å². The molecule has 2 aromatic heterocycles. The van der Waals surface area contributed by atoms with Crippen LogP contribution in [0, 0.1) is 6.92 Å². The molecule has 0 radical (unpaired) electrons. The molecule has 0 saturated carbocycles. The number of alkyl halides is 3. The molecule has 0 saturated heterocycles. The molecule has 1 atom stereocenters. The Kier molecular flexibility index (Phi) is 6.31. The van der Waals surface area contributed by atoms with Crippen molar-refractivity contribution in [3.63, 3.8) is 0 Å². The van der Waals surface area contributed by atoms with Crippen LogP contribution < -0.4 is 4.74 Å². The van der Waals surface area contributed by atoms with Crippen molar-refractivity contribution in [2.45, 2.75) is 36.1 Å². The van der Waals surface area contributed by atoms with E-state index in [0.29, 0.717) is 41.3 Å². The zero-order valence-electron chi connectivity index (χ0n) is 20.2. The molecule has 10 heteroatoms. The molecule has 0 spiro atoms. The number of hydrogen-bond acceptors (Lipinski definition) is 5. The van der Waals surface area contributed by atoms with Crippen LogP contribution in [-0.2, 0) is 28.8 Å². The number of aryl methyl sites for hydroxylation is 2. The fourth-order valence-corrected chi connectivity index (χ4v) is 6.02. The Labute approximate surface area is 212 Å². The predicted octanol–water partition coefficient (Wildman–Crippen LogP) is 5.70. The fourth-order valence-electron chi connectivity index (χ4n) is 4.74. The molecule has 0 unspecified atom stereocenters. The van der Waals surface area contributed by atoms with Crippen LogP contribution in [0.5, 0.6) is 5.75 Å². The van der Waals surface area contributed by atoms with Crippen LogP contribution in [0.4, 0.5) is 13.2 Å². The smallest absolute Gasteiger partial charge is 0.416 e. The topological polar surface area (TPSA) is 74.1 Å². The third-order valence-corrected chi connectivity index (χ3v) is 8.17. The van der Waals surface area contributed by atoms with Gasteiger partial charge in [-0.25, -0.2) is 8.42 Å². The zero-order valence-corrected chi connectivity index (χ0v) is 21.0. The van der Waals surface area contributed by atoms with Gasteiger partial charge in [-0.05, 0) is 61.4 Å². The zero-order chi connectivity index (χ0) is 26.4. The lowest BCUT2D eigenvalue weighted by Gasteiger charge is -2.29. The maximum atomic E-state index is 13.6. The summed E-state index contributed by atoms with van der Waals surface area (Å²) < 4.78 is 74.3. The van der Waals surface area contributed by atoms with E-state index >= 15 is 0 Å². The number of nitrogens with zero attached hydrogens (tertiary/aromatic N) is 3. The lowest BCUT2D eigenvalue weighted by Crippen LogP contribution is -2.18. The molecule has 0 aliphatic carbocycles. The van der Waals surface area contributed by atoms with Gasteiger partial charge in [0.1, 0.15) is 5.75 Å². The van der Waals surface area contributed by atoms with E-state index in [4.69, 9.17) is 4.74 Å². The second-order valence-corrected chi connectivity index (χ2v) is 11.0. The number of rotatable bonds is 5. The largest absolute Gasteiger partial charge is 0.493 e. The van der Waals surface area contributed by atoms with Crippen LogP contribution in [0.2, 0.25) is 0 Å². The van der Waals surface area contributed by atoms with Crippen molar-refractivity contribution in [2.75, 3.05) is 6.61 Å². The van der Waals surface area contributed by atoms with Crippen molar-refractivity contribution < 1.29 is 26.3 Å². The lowest BCUT2D eigenvalue weighted by atomic mass is 9.83. The highest BCUT2D eigenvalue weighted by atomic mass is 32.2. The van der Waals surface area contributed by atoms with E-state index in [2.05, 4.69) is 10.1 Å². The van der Waals surface area contributed by atoms with Gasteiger partial charge in [-0.15, -0.1) is 0 Å². The van der Waals surface area contributed by atoms with Crippen molar-refractivity contribution >= 4 is 9.84 Å². The Hall–Kier alpha value is -3.66. The van der Waals surface area contributed by atoms with E-state index in [1.807, 2.05) is 0 Å². The summed E-state index contributed by atoms with van der Waals surface area (Å²) in [5.74, 6) is -0.128. The Morgan fingerprint density at radius 1 is 1.05 bits per heavy atom. The molecule has 6 nitrogen and oxygen atoms in total. The minimum absolute atomic E-state index is 0.106. The number of halogens is 3. The summed E-state index contributed by atoms with van der Waals surface area (Å²) >= 11 is 0. The van der Waals surface area contributed by atoms with Gasteiger partial charge in [0.15, 0.2) is 9.84 Å². The van der Waals surface area contributed by atoms with Gasteiger partial charge >= 0.3 is 6.18 Å². The third-order valence-electron chi connectivity index (χ3n) is 6.52. The average Bonchev–Trinajstić information content (AvgIpc) is 3.27. The van der Waals surface area contributed by atoms with Crippen molar-refractivity contribution in [1.82, 2.24) is 14.8 Å². The number of fused-ring (bicyclic) bond motifs is 1. The first-order chi connectivity index (χ1) is 17.5. The summed E-state index contributed by atoms with van der Waals surface area (Å²) in [6.45, 7) is 2.09. The Balaban J connectivity index is 1.55. The summed E-state index contributed by atoms with van der Waals surface area (Å²) in [6, 6.07) is 15.3. The summed E-state index contributed by atoms with van der Waals surface area (Å²) in [5, 5.41) is 4.13. The monoisotopic (exact) mass is 527 g/mol. The number of hydrogen-bond donors (Lipinski definition) is 0. The number of aromatic nitrogens is 3. The lowest BCUT2D eigenvalue weighted by molar-refractivity contribution is -0.137. The van der Waals surface area contributed by atoms with Crippen LogP contribution in [0.15, 0.2) is 71.8 Å². The van der Waals surface area contributed by atoms with Gasteiger partial charge < -0.3 is 4.74 Å². The highest BCUT2D eigenvalue weighted by Crippen LogP contribution is 2.44. The summed E-state index contributed by atoms with van der Waals surface area (Å²) in [6.07, 6.45) is -2.42. The van der Waals surface area contributed by atoms with Crippen molar-refractivity contribution in [3.8, 4) is 17.0 Å². The van der Waals surface area contributed by atoms with Gasteiger partial charge in [0.05, 0.1) is 34.2 Å². The van der Waals surface area contributed by atoms with Crippen LogP contribution in [-0.4, -0.2) is 29.8 Å². The van der Waals surface area contributed by atoms with Gasteiger partial charge in [-0.3, -0.25) is 9.67 Å². The summed E-state index contributed by atoms with van der Waals surface area (Å²) in [7, 11) is -2.02. The molecule has 0 N–H and O–H groups in total. The highest BCUT2D eigenvalue weighted by molar-refractivity contribution is 7.90. The third kappa shape index (κ3) is 4.98. The van der Waals surface area contributed by atoms with E-state index in [1.54, 1.807) is 44.3 Å². The normalized spacial score (nSPS) is 15.8. The van der Waals surface area contributed by atoms with Crippen molar-refractivity contribution in [1.29, 1.82) is 0 Å². The molecule has 2 aromatic carbocycles. The molecule has 0 fully saturated rings. The first-order valence-corrected chi connectivity index (χ1v) is 13.3. The molecule has 37 heavy (non-hydrogen) atoms. The first kappa shape index (κ1) is 25.0. The minimum atomic E-state index is -4.49. The molecule has 4 aromatic rings. The number of pyridine rings is 1. The highest BCUT2D eigenvalue weighted by Gasteiger charge is 2.33. The standard InChI is InChI=1S/C27H24F3N3O3S/c1-17-4-3-5-19(32-17)16-37(34,35)20-7-9-23-22(11-13-36-26(23)15-20)21-8-6-18(27(28,29)30)14-24(21)25-10-12-31-33(25)2/h3-10,12,14-15,22H,11,13,16H2,1-2H3/t22-/m0/s1. The first-order valence-electron chi connectivity index (χ1n) is 11.6. The van der Waals surface area contributed by atoms with E-state index in [0.717, 1.165) is 23.4 Å².